The molecule has 106 valence electrons. The van der Waals surface area contributed by atoms with Gasteiger partial charge in [0.05, 0.1) is 5.56 Å². The SMILES string of the molecule is [N-]=[N+]=NCC1CC(=O)N(c2cccc(C(F)(F)F)c2)C1. The fourth-order valence-electron chi connectivity index (χ4n) is 2.16. The Morgan fingerprint density at radius 1 is 1.45 bits per heavy atom. The standard InChI is InChI=1S/C12H11F3N4O/c13-12(14,15)9-2-1-3-10(5-9)19-7-8(4-11(19)20)6-17-18-16/h1-3,5,8H,4,6-7H2. The highest BCUT2D eigenvalue weighted by molar-refractivity contribution is 5.95. The van der Waals surface area contributed by atoms with Crippen molar-refractivity contribution < 1.29 is 18.0 Å². The van der Waals surface area contributed by atoms with E-state index in [0.29, 0.717) is 0 Å². The van der Waals surface area contributed by atoms with Gasteiger partial charge in [-0.25, -0.2) is 0 Å². The van der Waals surface area contributed by atoms with Crippen LogP contribution in [0.5, 0.6) is 0 Å². The summed E-state index contributed by atoms with van der Waals surface area (Å²) < 4.78 is 37.9. The summed E-state index contributed by atoms with van der Waals surface area (Å²) in [6.45, 7) is 0.427. The largest absolute Gasteiger partial charge is 0.416 e. The van der Waals surface area contributed by atoms with Gasteiger partial charge in [0, 0.05) is 30.1 Å². The summed E-state index contributed by atoms with van der Waals surface area (Å²) >= 11 is 0. The lowest BCUT2D eigenvalue weighted by molar-refractivity contribution is -0.137. The normalized spacial score (nSPS) is 19.1. The van der Waals surface area contributed by atoms with Crippen LogP contribution in [-0.4, -0.2) is 19.0 Å². The number of hydrogen-bond donors (Lipinski definition) is 0. The van der Waals surface area contributed by atoms with E-state index in [1.165, 1.54) is 17.0 Å². The molecule has 0 saturated carbocycles. The third-order valence-corrected chi connectivity index (χ3v) is 3.09. The van der Waals surface area contributed by atoms with E-state index in [-0.39, 0.29) is 37.0 Å². The van der Waals surface area contributed by atoms with E-state index in [4.69, 9.17) is 5.53 Å². The zero-order chi connectivity index (χ0) is 14.8. The second kappa shape index (κ2) is 5.42. The van der Waals surface area contributed by atoms with Gasteiger partial charge in [-0.1, -0.05) is 11.2 Å². The lowest BCUT2D eigenvalue weighted by Gasteiger charge is -2.18. The number of rotatable bonds is 3. The molecule has 1 saturated heterocycles. The highest BCUT2D eigenvalue weighted by atomic mass is 19.4. The number of azide groups is 1. The molecule has 1 fully saturated rings. The molecule has 0 spiro atoms. The molecule has 5 nitrogen and oxygen atoms in total. The second-order valence-corrected chi connectivity index (χ2v) is 4.54. The van der Waals surface area contributed by atoms with Gasteiger partial charge >= 0.3 is 6.18 Å². The van der Waals surface area contributed by atoms with Crippen molar-refractivity contribution in [2.75, 3.05) is 18.0 Å². The minimum atomic E-state index is -4.44. The molecule has 20 heavy (non-hydrogen) atoms. The van der Waals surface area contributed by atoms with Gasteiger partial charge in [-0.15, -0.1) is 0 Å². The van der Waals surface area contributed by atoms with E-state index < -0.39 is 11.7 Å². The molecule has 1 aliphatic rings. The van der Waals surface area contributed by atoms with Crippen LogP contribution in [0.15, 0.2) is 29.4 Å². The first kappa shape index (κ1) is 14.2. The molecular formula is C12H11F3N4O. The van der Waals surface area contributed by atoms with Crippen LogP contribution < -0.4 is 4.90 Å². The third-order valence-electron chi connectivity index (χ3n) is 3.09. The molecule has 1 heterocycles. The number of nitrogens with zero attached hydrogens (tertiary/aromatic N) is 4. The Hall–Kier alpha value is -2.21. The predicted molar refractivity (Wildman–Crippen MR) is 65.9 cm³/mol. The van der Waals surface area contributed by atoms with Gasteiger partial charge in [0.15, 0.2) is 0 Å². The fraction of sp³-hybridized carbons (Fsp3) is 0.417. The molecule has 1 amide bonds. The van der Waals surface area contributed by atoms with Gasteiger partial charge in [0.2, 0.25) is 5.91 Å². The van der Waals surface area contributed by atoms with Crippen LogP contribution in [0.3, 0.4) is 0 Å². The van der Waals surface area contributed by atoms with Gasteiger partial charge in [0.25, 0.3) is 0 Å². The van der Waals surface area contributed by atoms with Crippen LogP contribution in [0.1, 0.15) is 12.0 Å². The molecule has 0 aliphatic carbocycles. The van der Waals surface area contributed by atoms with Crippen molar-refractivity contribution in [1.82, 2.24) is 0 Å². The van der Waals surface area contributed by atoms with Crippen LogP contribution in [-0.2, 0) is 11.0 Å². The van der Waals surface area contributed by atoms with Crippen molar-refractivity contribution in [1.29, 1.82) is 0 Å². The van der Waals surface area contributed by atoms with Gasteiger partial charge in [-0.3, -0.25) is 4.79 Å². The van der Waals surface area contributed by atoms with Gasteiger partial charge < -0.3 is 4.90 Å². The van der Waals surface area contributed by atoms with E-state index in [9.17, 15) is 18.0 Å². The maximum atomic E-state index is 12.6. The summed E-state index contributed by atoms with van der Waals surface area (Å²) in [7, 11) is 0. The number of amides is 1. The molecule has 0 radical (unpaired) electrons. The Morgan fingerprint density at radius 2 is 2.20 bits per heavy atom. The van der Waals surface area contributed by atoms with Crippen molar-refractivity contribution in [2.45, 2.75) is 12.6 Å². The van der Waals surface area contributed by atoms with E-state index >= 15 is 0 Å². The first-order chi connectivity index (χ1) is 9.41. The highest BCUT2D eigenvalue weighted by Gasteiger charge is 2.33. The summed E-state index contributed by atoms with van der Waals surface area (Å²) in [6, 6.07) is 4.64. The topological polar surface area (TPSA) is 69.1 Å². The molecule has 1 atom stereocenters. The van der Waals surface area contributed by atoms with E-state index in [0.717, 1.165) is 12.1 Å². The zero-order valence-electron chi connectivity index (χ0n) is 10.3. The summed E-state index contributed by atoms with van der Waals surface area (Å²) in [5, 5.41) is 3.39. The minimum absolute atomic E-state index is 0.159. The molecule has 2 rings (SSSR count). The third kappa shape index (κ3) is 3.03. The summed E-state index contributed by atoms with van der Waals surface area (Å²) in [5.74, 6) is -0.421. The lowest BCUT2D eigenvalue weighted by Crippen LogP contribution is -2.25. The van der Waals surface area contributed by atoms with Gasteiger partial charge in [-0.05, 0) is 29.6 Å². The molecule has 1 aromatic rings. The Morgan fingerprint density at radius 3 is 2.85 bits per heavy atom. The number of alkyl halides is 3. The van der Waals surface area contributed by atoms with Crippen LogP contribution in [0.2, 0.25) is 0 Å². The maximum Gasteiger partial charge on any atom is 0.416 e. The number of carbonyl (C=O) groups is 1. The Balaban J connectivity index is 2.20. The minimum Gasteiger partial charge on any atom is -0.312 e. The number of carbonyl (C=O) groups excluding carboxylic acids is 1. The van der Waals surface area contributed by atoms with Crippen molar-refractivity contribution >= 4 is 11.6 Å². The number of benzene rings is 1. The average Bonchev–Trinajstić information content (AvgIpc) is 2.77. The molecule has 1 aromatic carbocycles. The van der Waals surface area contributed by atoms with E-state index in [1.54, 1.807) is 0 Å². The van der Waals surface area contributed by atoms with Gasteiger partial charge in [0.1, 0.15) is 0 Å². The molecule has 0 N–H and O–H groups in total. The molecule has 0 bridgehead atoms. The monoisotopic (exact) mass is 284 g/mol. The zero-order valence-corrected chi connectivity index (χ0v) is 10.3. The van der Waals surface area contributed by atoms with Crippen LogP contribution >= 0.6 is 0 Å². The molecular weight excluding hydrogens is 273 g/mol. The highest BCUT2D eigenvalue weighted by Crippen LogP contribution is 2.33. The van der Waals surface area contributed by atoms with Crippen molar-refractivity contribution in [3.63, 3.8) is 0 Å². The lowest BCUT2D eigenvalue weighted by atomic mass is 10.1. The van der Waals surface area contributed by atoms with E-state index in [2.05, 4.69) is 10.0 Å². The first-order valence-corrected chi connectivity index (χ1v) is 5.90. The quantitative estimate of drug-likeness (QED) is 0.476. The predicted octanol–water partition coefficient (Wildman–Crippen LogP) is 3.37. The molecule has 8 heteroatoms. The number of halogens is 3. The van der Waals surface area contributed by atoms with Crippen molar-refractivity contribution in [3.8, 4) is 0 Å². The summed E-state index contributed by atoms with van der Waals surface area (Å²) in [4.78, 5) is 15.7. The summed E-state index contributed by atoms with van der Waals surface area (Å²) in [6.07, 6.45) is -4.27. The van der Waals surface area contributed by atoms with Crippen LogP contribution in [0.4, 0.5) is 18.9 Å². The Bertz CT molecular complexity index is 566. The number of anilines is 1. The van der Waals surface area contributed by atoms with Crippen molar-refractivity contribution in [3.05, 3.63) is 40.3 Å². The maximum absolute atomic E-state index is 12.6. The first-order valence-electron chi connectivity index (χ1n) is 5.90. The Kier molecular flexibility index (Phi) is 3.85. The Labute approximate surface area is 112 Å². The van der Waals surface area contributed by atoms with Crippen LogP contribution in [0, 0.1) is 5.92 Å². The smallest absolute Gasteiger partial charge is 0.312 e. The molecule has 1 aliphatic heterocycles. The van der Waals surface area contributed by atoms with Gasteiger partial charge in [-0.2, -0.15) is 13.2 Å². The average molecular weight is 284 g/mol. The van der Waals surface area contributed by atoms with Crippen molar-refractivity contribution in [2.24, 2.45) is 11.0 Å². The fourth-order valence-corrected chi connectivity index (χ4v) is 2.16. The number of hydrogen-bond acceptors (Lipinski definition) is 2. The summed E-state index contributed by atoms with van der Waals surface area (Å²) in [5.41, 5.74) is 7.66. The second-order valence-electron chi connectivity index (χ2n) is 4.54. The molecule has 1 unspecified atom stereocenters. The molecule has 0 aromatic heterocycles. The van der Waals surface area contributed by atoms with E-state index in [1.807, 2.05) is 0 Å². The van der Waals surface area contributed by atoms with Crippen LogP contribution in [0.25, 0.3) is 10.4 Å².